The molecule has 1 amide bonds. The Kier molecular flexibility index (Phi) is 5.03. The average Bonchev–Trinajstić information content (AvgIpc) is 2.29. The molecular formula is C14H20BrN3O3. The van der Waals surface area contributed by atoms with E-state index in [9.17, 15) is 4.79 Å². The molecule has 0 aliphatic heterocycles. The Morgan fingerprint density at radius 2 is 2.14 bits per heavy atom. The Bertz CT molecular complexity index is 498. The van der Waals surface area contributed by atoms with Crippen LogP contribution in [0.15, 0.2) is 17.0 Å². The molecule has 1 fully saturated rings. The summed E-state index contributed by atoms with van der Waals surface area (Å²) in [4.78, 5) is 19.7. The van der Waals surface area contributed by atoms with E-state index < -0.39 is 0 Å². The SMILES string of the molecule is CC(C)(C)NC(=O)OC1CC(COc2cncc(Br)n2)C1. The molecule has 0 unspecified atom stereocenters. The summed E-state index contributed by atoms with van der Waals surface area (Å²) in [7, 11) is 0. The van der Waals surface area contributed by atoms with Crippen LogP contribution in [0, 0.1) is 5.92 Å². The van der Waals surface area contributed by atoms with E-state index >= 15 is 0 Å². The van der Waals surface area contributed by atoms with Gasteiger partial charge in [0.15, 0.2) is 0 Å². The zero-order valence-electron chi connectivity index (χ0n) is 12.4. The summed E-state index contributed by atoms with van der Waals surface area (Å²) in [5.41, 5.74) is -0.275. The quantitative estimate of drug-likeness (QED) is 0.896. The van der Waals surface area contributed by atoms with Gasteiger partial charge in [0.1, 0.15) is 10.7 Å². The molecule has 0 atom stereocenters. The third kappa shape index (κ3) is 5.49. The molecule has 0 aromatic carbocycles. The van der Waals surface area contributed by atoms with Crippen molar-refractivity contribution in [1.82, 2.24) is 15.3 Å². The lowest BCUT2D eigenvalue weighted by Crippen LogP contribution is -2.45. The Hall–Kier alpha value is -1.37. The average molecular weight is 358 g/mol. The number of amides is 1. The highest BCUT2D eigenvalue weighted by Gasteiger charge is 2.33. The molecule has 1 aliphatic rings. The minimum absolute atomic E-state index is 0.0189. The Morgan fingerprint density at radius 3 is 2.76 bits per heavy atom. The first-order valence-corrected chi connectivity index (χ1v) is 7.70. The molecule has 21 heavy (non-hydrogen) atoms. The fourth-order valence-corrected chi connectivity index (χ4v) is 2.29. The van der Waals surface area contributed by atoms with E-state index in [0.717, 1.165) is 12.8 Å². The molecule has 0 bridgehead atoms. The predicted molar refractivity (Wildman–Crippen MR) is 81.1 cm³/mol. The maximum Gasteiger partial charge on any atom is 0.407 e. The van der Waals surface area contributed by atoms with E-state index in [1.54, 1.807) is 12.4 Å². The summed E-state index contributed by atoms with van der Waals surface area (Å²) in [5.74, 6) is 0.887. The van der Waals surface area contributed by atoms with Crippen LogP contribution in [0.1, 0.15) is 33.6 Å². The number of nitrogens with one attached hydrogen (secondary N) is 1. The molecule has 0 radical (unpaired) electrons. The predicted octanol–water partition coefficient (Wildman–Crippen LogP) is 2.92. The lowest BCUT2D eigenvalue weighted by Gasteiger charge is -2.35. The second-order valence-corrected chi connectivity index (χ2v) is 7.04. The normalized spacial score (nSPS) is 21.3. The van der Waals surface area contributed by atoms with Gasteiger partial charge in [-0.15, -0.1) is 0 Å². The second-order valence-electron chi connectivity index (χ2n) is 6.23. The summed E-state index contributed by atoms with van der Waals surface area (Å²) in [5, 5.41) is 2.78. The molecule has 0 spiro atoms. The van der Waals surface area contributed by atoms with Gasteiger partial charge in [0, 0.05) is 11.5 Å². The van der Waals surface area contributed by atoms with Gasteiger partial charge in [-0.25, -0.2) is 9.78 Å². The van der Waals surface area contributed by atoms with Gasteiger partial charge in [0.2, 0.25) is 5.88 Å². The fourth-order valence-electron chi connectivity index (χ4n) is 1.99. The molecule has 2 rings (SSSR count). The number of nitrogens with zero attached hydrogens (tertiary/aromatic N) is 2. The zero-order valence-corrected chi connectivity index (χ0v) is 14.0. The molecule has 1 aromatic heterocycles. The lowest BCUT2D eigenvalue weighted by molar-refractivity contribution is -0.00127. The molecule has 7 heteroatoms. The van der Waals surface area contributed by atoms with Crippen molar-refractivity contribution in [2.24, 2.45) is 5.92 Å². The number of carbonyl (C=O) groups is 1. The van der Waals surface area contributed by atoms with Crippen molar-refractivity contribution in [2.45, 2.75) is 45.3 Å². The van der Waals surface area contributed by atoms with E-state index in [0.29, 0.717) is 23.0 Å². The number of hydrogen-bond donors (Lipinski definition) is 1. The van der Waals surface area contributed by atoms with Crippen molar-refractivity contribution in [1.29, 1.82) is 0 Å². The van der Waals surface area contributed by atoms with Gasteiger partial charge in [-0.05, 0) is 49.5 Å². The van der Waals surface area contributed by atoms with E-state index in [4.69, 9.17) is 9.47 Å². The van der Waals surface area contributed by atoms with Crippen LogP contribution >= 0.6 is 15.9 Å². The summed E-state index contributed by atoms with van der Waals surface area (Å²) in [6.45, 7) is 6.33. The van der Waals surface area contributed by atoms with Gasteiger partial charge in [-0.3, -0.25) is 4.98 Å². The zero-order chi connectivity index (χ0) is 15.5. The molecule has 1 aliphatic carbocycles. The van der Waals surface area contributed by atoms with Gasteiger partial charge in [-0.2, -0.15) is 0 Å². The largest absolute Gasteiger partial charge is 0.476 e. The van der Waals surface area contributed by atoms with Crippen LogP contribution in [0.3, 0.4) is 0 Å². The minimum atomic E-state index is -0.357. The van der Waals surface area contributed by atoms with Crippen LogP contribution in [-0.4, -0.2) is 34.3 Å². The van der Waals surface area contributed by atoms with Crippen LogP contribution in [0.4, 0.5) is 4.79 Å². The Balaban J connectivity index is 1.64. The first-order valence-electron chi connectivity index (χ1n) is 6.91. The highest BCUT2D eigenvalue weighted by atomic mass is 79.9. The Morgan fingerprint density at radius 1 is 1.43 bits per heavy atom. The van der Waals surface area contributed by atoms with Crippen LogP contribution in [-0.2, 0) is 4.74 Å². The topological polar surface area (TPSA) is 73.3 Å². The maximum absolute atomic E-state index is 11.6. The van der Waals surface area contributed by atoms with Crippen LogP contribution in [0.25, 0.3) is 0 Å². The van der Waals surface area contributed by atoms with Crippen molar-refractivity contribution in [3.8, 4) is 5.88 Å². The van der Waals surface area contributed by atoms with Gasteiger partial charge >= 0.3 is 6.09 Å². The van der Waals surface area contributed by atoms with Crippen LogP contribution in [0.2, 0.25) is 0 Å². The lowest BCUT2D eigenvalue weighted by atomic mass is 9.83. The summed E-state index contributed by atoms with van der Waals surface area (Å²) < 4.78 is 11.5. The molecule has 6 nitrogen and oxygen atoms in total. The minimum Gasteiger partial charge on any atom is -0.476 e. The van der Waals surface area contributed by atoms with Gasteiger partial charge in [0.05, 0.1) is 19.0 Å². The monoisotopic (exact) mass is 357 g/mol. The molecule has 1 heterocycles. The van der Waals surface area contributed by atoms with Crippen molar-refractivity contribution >= 4 is 22.0 Å². The number of aromatic nitrogens is 2. The van der Waals surface area contributed by atoms with E-state index in [2.05, 4.69) is 31.2 Å². The van der Waals surface area contributed by atoms with Crippen molar-refractivity contribution in [2.75, 3.05) is 6.61 Å². The van der Waals surface area contributed by atoms with Gasteiger partial charge in [-0.1, -0.05) is 0 Å². The third-order valence-corrected chi connectivity index (χ3v) is 3.38. The van der Waals surface area contributed by atoms with E-state index in [1.165, 1.54) is 0 Å². The number of halogens is 1. The van der Waals surface area contributed by atoms with Crippen molar-refractivity contribution in [3.63, 3.8) is 0 Å². The first-order chi connectivity index (χ1) is 9.82. The molecule has 0 saturated heterocycles. The second kappa shape index (κ2) is 6.60. The number of carbonyl (C=O) groups excluding carboxylic acids is 1. The molecule has 1 saturated carbocycles. The van der Waals surface area contributed by atoms with E-state index in [-0.39, 0.29) is 17.7 Å². The van der Waals surface area contributed by atoms with E-state index in [1.807, 2.05) is 20.8 Å². The van der Waals surface area contributed by atoms with Crippen LogP contribution < -0.4 is 10.1 Å². The van der Waals surface area contributed by atoms with Gasteiger partial charge in [0.25, 0.3) is 0 Å². The highest BCUT2D eigenvalue weighted by Crippen LogP contribution is 2.30. The fraction of sp³-hybridized carbons (Fsp3) is 0.643. The first kappa shape index (κ1) is 16.0. The number of hydrogen-bond acceptors (Lipinski definition) is 5. The molecule has 1 N–H and O–H groups in total. The number of alkyl carbamates (subject to hydrolysis) is 1. The number of ether oxygens (including phenoxy) is 2. The Labute approximate surface area is 132 Å². The summed E-state index contributed by atoms with van der Waals surface area (Å²) in [6.07, 6.45) is 4.44. The summed E-state index contributed by atoms with van der Waals surface area (Å²) >= 11 is 3.24. The van der Waals surface area contributed by atoms with Crippen molar-refractivity contribution in [3.05, 3.63) is 17.0 Å². The molecule has 1 aromatic rings. The third-order valence-electron chi connectivity index (χ3n) is 2.99. The van der Waals surface area contributed by atoms with Gasteiger partial charge < -0.3 is 14.8 Å². The number of rotatable bonds is 4. The van der Waals surface area contributed by atoms with Crippen molar-refractivity contribution < 1.29 is 14.3 Å². The maximum atomic E-state index is 11.6. The van der Waals surface area contributed by atoms with Crippen LogP contribution in [0.5, 0.6) is 5.88 Å². The highest BCUT2D eigenvalue weighted by molar-refractivity contribution is 9.10. The molecule has 116 valence electrons. The standard InChI is InChI=1S/C14H20BrN3O3/c1-14(2,3)18-13(19)21-10-4-9(5-10)8-20-12-7-16-6-11(15)17-12/h6-7,9-10H,4-5,8H2,1-3H3,(H,18,19). The smallest absolute Gasteiger partial charge is 0.407 e. The molecular weight excluding hydrogens is 338 g/mol. The summed E-state index contributed by atoms with van der Waals surface area (Å²) in [6, 6.07) is 0.